The van der Waals surface area contributed by atoms with Gasteiger partial charge in [0.15, 0.2) is 0 Å². The van der Waals surface area contributed by atoms with Gasteiger partial charge in [-0.15, -0.1) is 0 Å². The van der Waals surface area contributed by atoms with Crippen molar-refractivity contribution >= 4 is 26.9 Å². The molecule has 31 heavy (non-hydrogen) atoms. The van der Waals surface area contributed by atoms with Crippen LogP contribution in [0.2, 0.25) is 0 Å². The minimum atomic E-state index is -3.57. The lowest BCUT2D eigenvalue weighted by Gasteiger charge is -2.32. The topological polar surface area (TPSA) is 79.5 Å². The Hall–Kier alpha value is -2.64. The molecular formula is C24H28N2O4S. The minimum Gasteiger partial charge on any atom is -0.466 e. The summed E-state index contributed by atoms with van der Waals surface area (Å²) in [6.07, 6.45) is 1.81. The number of carbonyl (C=O) groups excluding carboxylic acids is 1. The first kappa shape index (κ1) is 21.6. The number of carbonyl (C=O) groups is 1. The lowest BCUT2D eigenvalue weighted by molar-refractivity contribution is -0.142. The molecule has 0 aliphatic carbocycles. The van der Waals surface area contributed by atoms with E-state index in [4.69, 9.17) is 4.74 Å². The molecule has 0 saturated carbocycles. The number of para-hydroxylation sites is 1. The zero-order valence-electron chi connectivity index (χ0n) is 17.9. The van der Waals surface area contributed by atoms with Crippen molar-refractivity contribution in [3.8, 4) is 0 Å². The van der Waals surface area contributed by atoms with Crippen LogP contribution < -0.4 is 0 Å². The Morgan fingerprint density at radius 1 is 1.16 bits per heavy atom. The summed E-state index contributed by atoms with van der Waals surface area (Å²) in [5.41, 5.74) is 3.83. The number of ether oxygens (including phenoxy) is 1. The Balaban J connectivity index is 1.66. The number of esters is 1. The van der Waals surface area contributed by atoms with Gasteiger partial charge in [0.1, 0.15) is 0 Å². The van der Waals surface area contributed by atoms with E-state index >= 15 is 0 Å². The van der Waals surface area contributed by atoms with E-state index in [-0.39, 0.29) is 18.3 Å². The van der Waals surface area contributed by atoms with Gasteiger partial charge >= 0.3 is 5.97 Å². The van der Waals surface area contributed by atoms with Gasteiger partial charge in [-0.2, -0.15) is 4.31 Å². The molecule has 0 spiro atoms. The van der Waals surface area contributed by atoms with E-state index in [9.17, 15) is 13.2 Å². The molecule has 1 aliphatic rings. The van der Waals surface area contributed by atoms with Crippen molar-refractivity contribution in [3.63, 3.8) is 0 Å². The smallest absolute Gasteiger partial charge is 0.310 e. The van der Waals surface area contributed by atoms with Gasteiger partial charge in [0.25, 0.3) is 0 Å². The van der Waals surface area contributed by atoms with E-state index in [0.717, 1.165) is 40.6 Å². The van der Waals surface area contributed by atoms with Crippen LogP contribution in [0.1, 0.15) is 42.5 Å². The third-order valence-electron chi connectivity index (χ3n) is 5.92. The van der Waals surface area contributed by atoms with Gasteiger partial charge in [0.05, 0.1) is 17.9 Å². The largest absolute Gasteiger partial charge is 0.466 e. The Labute approximate surface area is 183 Å². The molecule has 1 atom stereocenters. The molecule has 6 nitrogen and oxygen atoms in total. The fourth-order valence-corrected chi connectivity index (χ4v) is 5.90. The molecule has 164 valence electrons. The molecule has 1 unspecified atom stereocenters. The molecule has 2 heterocycles. The highest BCUT2D eigenvalue weighted by molar-refractivity contribution is 7.89. The number of nitrogens with zero attached hydrogens (tertiary/aromatic N) is 1. The summed E-state index contributed by atoms with van der Waals surface area (Å²) in [6, 6.07) is 14.9. The van der Waals surface area contributed by atoms with E-state index in [1.165, 1.54) is 0 Å². The number of benzene rings is 2. The standard InChI is InChI=1S/C24H28N2O4S/c1-3-30-23(27)15-21-20-8-4-5-9-22(20)25-24(21)18-7-6-14-26(16-18)31(28,29)19-12-10-17(2)11-13-19/h4-5,8-13,18,25H,3,6-7,14-16H2,1-2H3. The second-order valence-corrected chi connectivity index (χ2v) is 10.00. The van der Waals surface area contributed by atoms with Crippen molar-refractivity contribution in [2.75, 3.05) is 19.7 Å². The zero-order chi connectivity index (χ0) is 22.0. The number of nitrogens with one attached hydrogen (secondary N) is 1. The van der Waals surface area contributed by atoms with Crippen LogP contribution in [0.4, 0.5) is 0 Å². The maximum atomic E-state index is 13.2. The van der Waals surface area contributed by atoms with Crippen LogP contribution in [0.5, 0.6) is 0 Å². The van der Waals surface area contributed by atoms with Crippen LogP contribution in [0.25, 0.3) is 10.9 Å². The van der Waals surface area contributed by atoms with Crippen LogP contribution in [-0.4, -0.2) is 43.4 Å². The molecule has 1 N–H and O–H groups in total. The summed E-state index contributed by atoms with van der Waals surface area (Å²) in [5.74, 6) is -0.278. The number of H-pyrrole nitrogens is 1. The van der Waals surface area contributed by atoms with Crippen LogP contribution >= 0.6 is 0 Å². The van der Waals surface area contributed by atoms with E-state index < -0.39 is 10.0 Å². The van der Waals surface area contributed by atoms with Gasteiger partial charge in [-0.25, -0.2) is 8.42 Å². The number of piperidine rings is 1. The fourth-order valence-electron chi connectivity index (χ4n) is 4.37. The van der Waals surface area contributed by atoms with Crippen molar-refractivity contribution < 1.29 is 17.9 Å². The molecule has 1 saturated heterocycles. The number of fused-ring (bicyclic) bond motifs is 1. The number of aromatic nitrogens is 1. The first-order valence-corrected chi connectivity index (χ1v) is 12.2. The number of rotatable bonds is 6. The third-order valence-corrected chi connectivity index (χ3v) is 7.80. The number of sulfonamides is 1. The normalized spacial score (nSPS) is 17.7. The molecule has 1 fully saturated rings. The highest BCUT2D eigenvalue weighted by Crippen LogP contribution is 2.35. The molecule has 7 heteroatoms. The Morgan fingerprint density at radius 2 is 1.90 bits per heavy atom. The van der Waals surface area contributed by atoms with Crippen molar-refractivity contribution in [2.45, 2.75) is 43.9 Å². The molecule has 0 amide bonds. The highest BCUT2D eigenvalue weighted by atomic mass is 32.2. The first-order chi connectivity index (χ1) is 14.9. The second-order valence-electron chi connectivity index (χ2n) is 8.06. The summed E-state index contributed by atoms with van der Waals surface area (Å²) in [7, 11) is -3.57. The summed E-state index contributed by atoms with van der Waals surface area (Å²) >= 11 is 0. The Morgan fingerprint density at radius 3 is 2.65 bits per heavy atom. The van der Waals surface area contributed by atoms with Crippen molar-refractivity contribution in [1.29, 1.82) is 0 Å². The average Bonchev–Trinajstić information content (AvgIpc) is 3.13. The first-order valence-electron chi connectivity index (χ1n) is 10.7. The number of aromatic amines is 1. The van der Waals surface area contributed by atoms with Crippen LogP contribution in [0.15, 0.2) is 53.4 Å². The summed E-state index contributed by atoms with van der Waals surface area (Å²) in [5, 5.41) is 0.990. The molecule has 2 aromatic carbocycles. The minimum absolute atomic E-state index is 0.00852. The third kappa shape index (κ3) is 4.38. The summed E-state index contributed by atoms with van der Waals surface area (Å²) < 4.78 is 33.2. The number of hydrogen-bond acceptors (Lipinski definition) is 4. The Bertz CT molecular complexity index is 1180. The SMILES string of the molecule is CCOC(=O)Cc1c(C2CCCN(S(=O)(=O)c3ccc(C)cc3)C2)[nH]c2ccccc12. The van der Waals surface area contributed by atoms with Gasteiger partial charge in [0.2, 0.25) is 10.0 Å². The second kappa shape index (κ2) is 8.85. The van der Waals surface area contributed by atoms with Gasteiger partial charge in [-0.05, 0) is 50.5 Å². The molecule has 0 radical (unpaired) electrons. The monoisotopic (exact) mass is 440 g/mol. The number of hydrogen-bond donors (Lipinski definition) is 1. The summed E-state index contributed by atoms with van der Waals surface area (Å²) in [4.78, 5) is 16.1. The van der Waals surface area contributed by atoms with Crippen LogP contribution in [0, 0.1) is 6.92 Å². The summed E-state index contributed by atoms with van der Waals surface area (Å²) in [6.45, 7) is 4.96. The predicted octanol–water partition coefficient (Wildman–Crippen LogP) is 4.15. The molecule has 4 rings (SSSR count). The maximum absolute atomic E-state index is 13.2. The molecular weight excluding hydrogens is 412 g/mol. The maximum Gasteiger partial charge on any atom is 0.310 e. The lowest BCUT2D eigenvalue weighted by Crippen LogP contribution is -2.39. The number of aryl methyl sites for hydroxylation is 1. The molecule has 1 aliphatic heterocycles. The predicted molar refractivity (Wildman–Crippen MR) is 121 cm³/mol. The lowest BCUT2D eigenvalue weighted by atomic mass is 9.92. The molecule has 1 aromatic heterocycles. The van der Waals surface area contributed by atoms with Gasteiger partial charge in [-0.3, -0.25) is 4.79 Å². The van der Waals surface area contributed by atoms with Crippen molar-refractivity contribution in [1.82, 2.24) is 9.29 Å². The van der Waals surface area contributed by atoms with E-state index in [0.29, 0.717) is 24.6 Å². The zero-order valence-corrected chi connectivity index (χ0v) is 18.7. The van der Waals surface area contributed by atoms with Crippen molar-refractivity contribution in [3.05, 3.63) is 65.4 Å². The van der Waals surface area contributed by atoms with Gasteiger partial charge in [0, 0.05) is 35.6 Å². The van der Waals surface area contributed by atoms with E-state index in [2.05, 4.69) is 4.98 Å². The van der Waals surface area contributed by atoms with Gasteiger partial charge in [-0.1, -0.05) is 35.9 Å². The van der Waals surface area contributed by atoms with Crippen LogP contribution in [-0.2, 0) is 26.0 Å². The van der Waals surface area contributed by atoms with E-state index in [1.54, 1.807) is 23.4 Å². The van der Waals surface area contributed by atoms with E-state index in [1.807, 2.05) is 43.3 Å². The van der Waals surface area contributed by atoms with Crippen LogP contribution in [0.3, 0.4) is 0 Å². The molecule has 0 bridgehead atoms. The highest BCUT2D eigenvalue weighted by Gasteiger charge is 2.33. The average molecular weight is 441 g/mol. The van der Waals surface area contributed by atoms with Crippen molar-refractivity contribution in [2.24, 2.45) is 0 Å². The molecule has 3 aromatic rings. The quantitative estimate of drug-likeness (QED) is 0.584. The fraction of sp³-hybridized carbons (Fsp3) is 0.375. The van der Waals surface area contributed by atoms with Gasteiger partial charge < -0.3 is 9.72 Å². The Kier molecular flexibility index (Phi) is 6.16.